The summed E-state index contributed by atoms with van der Waals surface area (Å²) in [5.74, 6) is 0.141. The summed E-state index contributed by atoms with van der Waals surface area (Å²) in [5.41, 5.74) is 3.35. The van der Waals surface area contributed by atoms with E-state index in [1.54, 1.807) is 20.8 Å². The molecule has 1 spiro atoms. The van der Waals surface area contributed by atoms with Crippen LogP contribution in [0, 0.1) is 6.92 Å². The van der Waals surface area contributed by atoms with E-state index in [4.69, 9.17) is 0 Å². The minimum atomic E-state index is -0.928. The van der Waals surface area contributed by atoms with E-state index < -0.39 is 5.60 Å². The predicted molar refractivity (Wildman–Crippen MR) is 122 cm³/mol. The molecule has 1 fully saturated rings. The third kappa shape index (κ3) is 3.62. The topological polar surface area (TPSA) is 65.8 Å². The molecule has 0 unspecified atom stereocenters. The molecule has 2 aromatic rings. The third-order valence-corrected chi connectivity index (χ3v) is 7.22. The summed E-state index contributed by atoms with van der Waals surface area (Å²) in [7, 11) is 2.15. The lowest BCUT2D eigenvalue weighted by atomic mass is 9.81. The summed E-state index contributed by atoms with van der Waals surface area (Å²) in [6.45, 7) is 10.2. The van der Waals surface area contributed by atoms with Crippen molar-refractivity contribution in [3.8, 4) is 0 Å². The highest BCUT2D eigenvalue weighted by molar-refractivity contribution is 5.94. The molecule has 2 aliphatic rings. The minimum absolute atomic E-state index is 0. The van der Waals surface area contributed by atoms with Crippen LogP contribution in [0.15, 0.2) is 30.3 Å². The molecule has 2 aliphatic heterocycles. The lowest BCUT2D eigenvalue weighted by molar-refractivity contribution is 0.0128. The van der Waals surface area contributed by atoms with Gasteiger partial charge in [-0.1, -0.05) is 6.07 Å². The largest absolute Gasteiger partial charge is 0.386 e. The molecular formula is C25H35N3O3. The smallest absolute Gasteiger partial charge is 0.253 e. The maximum absolute atomic E-state index is 13.2. The second-order valence-corrected chi connectivity index (χ2v) is 9.65. The van der Waals surface area contributed by atoms with E-state index in [2.05, 4.69) is 22.6 Å². The normalized spacial score (nSPS) is 18.8. The number of nitrogens with zero attached hydrogens (tertiary/aromatic N) is 3. The molecule has 3 heterocycles. The highest BCUT2D eigenvalue weighted by atomic mass is 16.3. The highest BCUT2D eigenvalue weighted by Gasteiger charge is 2.45. The van der Waals surface area contributed by atoms with Gasteiger partial charge in [0.1, 0.15) is 0 Å². The number of Topliss-reactive ketones (excluding diaryl/α,β-unsaturated/α-hetero) is 1. The van der Waals surface area contributed by atoms with Gasteiger partial charge in [0.2, 0.25) is 0 Å². The first kappa shape index (κ1) is 21.8. The Labute approximate surface area is 185 Å². The first-order valence-electron chi connectivity index (χ1n) is 11.1. The number of aryl methyl sites for hydroxylation is 1. The second kappa shape index (κ2) is 7.61. The van der Waals surface area contributed by atoms with Gasteiger partial charge in [0.25, 0.3) is 5.91 Å². The van der Waals surface area contributed by atoms with Gasteiger partial charge in [0.05, 0.1) is 16.8 Å². The lowest BCUT2D eigenvalue weighted by Gasteiger charge is -2.50. The Hall–Kier alpha value is -2.44. The zero-order valence-corrected chi connectivity index (χ0v) is 19.2. The SMILES string of the molecule is CC(=O)c1ccc2n1CCN(C)C21CCN(C(=O)c2ccc(C(C)(C)O)c(C)c2)CC1.[HH]. The molecule has 6 heteroatoms. The van der Waals surface area contributed by atoms with Crippen LogP contribution in [0.25, 0.3) is 0 Å². The fraction of sp³-hybridized carbons (Fsp3) is 0.520. The summed E-state index contributed by atoms with van der Waals surface area (Å²) in [5, 5.41) is 10.3. The van der Waals surface area contributed by atoms with Gasteiger partial charge in [-0.2, -0.15) is 0 Å². The van der Waals surface area contributed by atoms with Gasteiger partial charge in [0.15, 0.2) is 5.78 Å². The van der Waals surface area contributed by atoms with Crippen molar-refractivity contribution in [1.82, 2.24) is 14.4 Å². The average Bonchev–Trinajstić information content (AvgIpc) is 3.15. The summed E-state index contributed by atoms with van der Waals surface area (Å²) in [4.78, 5) is 29.6. The van der Waals surface area contributed by atoms with Gasteiger partial charge in [-0.25, -0.2) is 0 Å². The van der Waals surface area contributed by atoms with Crippen molar-refractivity contribution in [3.05, 3.63) is 58.4 Å². The van der Waals surface area contributed by atoms with E-state index in [1.165, 1.54) is 5.69 Å². The van der Waals surface area contributed by atoms with Gasteiger partial charge in [-0.15, -0.1) is 0 Å². The number of aromatic nitrogens is 1. The summed E-state index contributed by atoms with van der Waals surface area (Å²) in [6.07, 6.45) is 1.69. The summed E-state index contributed by atoms with van der Waals surface area (Å²) in [6, 6.07) is 9.62. The molecule has 0 radical (unpaired) electrons. The number of likely N-dealkylation sites (tertiary alicyclic amines) is 1. The van der Waals surface area contributed by atoms with Crippen LogP contribution < -0.4 is 0 Å². The van der Waals surface area contributed by atoms with Gasteiger partial charge in [-0.3, -0.25) is 14.5 Å². The van der Waals surface area contributed by atoms with E-state index in [1.807, 2.05) is 36.1 Å². The average molecular weight is 426 g/mol. The van der Waals surface area contributed by atoms with Crippen LogP contribution in [-0.2, 0) is 17.7 Å². The first-order valence-corrected chi connectivity index (χ1v) is 11.1. The molecule has 1 saturated heterocycles. The Morgan fingerprint density at radius 2 is 1.74 bits per heavy atom. The van der Waals surface area contributed by atoms with E-state index >= 15 is 0 Å². The van der Waals surface area contributed by atoms with E-state index in [-0.39, 0.29) is 18.7 Å². The molecule has 0 bridgehead atoms. The fourth-order valence-corrected chi connectivity index (χ4v) is 5.47. The van der Waals surface area contributed by atoms with Crippen LogP contribution >= 0.6 is 0 Å². The van der Waals surface area contributed by atoms with Crippen LogP contribution in [-0.4, -0.2) is 57.8 Å². The summed E-state index contributed by atoms with van der Waals surface area (Å²) >= 11 is 0. The van der Waals surface area contributed by atoms with Crippen LogP contribution in [0.1, 0.15) is 72.7 Å². The standard InChI is InChI=1S/C25H33N3O3.H2/c1-17-16-19(6-7-20(17)24(3,4)31)23(30)27-12-10-25(11-13-27)22-9-8-21(18(2)29)28(22)15-14-26(25)5;/h6-9,16,31H,10-15H2,1-5H3;1H. The number of amides is 1. The Morgan fingerprint density at radius 1 is 1.06 bits per heavy atom. The quantitative estimate of drug-likeness (QED) is 0.764. The van der Waals surface area contributed by atoms with Crippen molar-refractivity contribution in [3.63, 3.8) is 0 Å². The van der Waals surface area contributed by atoms with Gasteiger partial charge >= 0.3 is 0 Å². The molecule has 1 N–H and O–H groups in total. The van der Waals surface area contributed by atoms with E-state index in [9.17, 15) is 14.7 Å². The molecular weight excluding hydrogens is 390 g/mol. The number of likely N-dealkylation sites (N-methyl/N-ethyl adjacent to an activating group) is 1. The van der Waals surface area contributed by atoms with Gasteiger partial charge < -0.3 is 14.6 Å². The fourth-order valence-electron chi connectivity index (χ4n) is 5.47. The van der Waals surface area contributed by atoms with Crippen molar-refractivity contribution in [2.24, 2.45) is 0 Å². The van der Waals surface area contributed by atoms with Crippen molar-refractivity contribution in [1.29, 1.82) is 0 Å². The Bertz CT molecular complexity index is 1030. The molecule has 6 nitrogen and oxygen atoms in total. The number of hydrogen-bond acceptors (Lipinski definition) is 4. The molecule has 168 valence electrons. The predicted octanol–water partition coefficient (Wildman–Crippen LogP) is 3.55. The molecule has 4 rings (SSSR count). The van der Waals surface area contributed by atoms with Crippen LogP contribution in [0.5, 0.6) is 0 Å². The number of aliphatic hydroxyl groups is 1. The minimum Gasteiger partial charge on any atom is -0.386 e. The van der Waals surface area contributed by atoms with E-state index in [0.29, 0.717) is 18.7 Å². The van der Waals surface area contributed by atoms with Crippen molar-refractivity contribution in [2.75, 3.05) is 26.7 Å². The molecule has 1 aromatic carbocycles. The second-order valence-electron chi connectivity index (χ2n) is 9.65. The summed E-state index contributed by atoms with van der Waals surface area (Å²) < 4.78 is 2.18. The van der Waals surface area contributed by atoms with Crippen LogP contribution in [0.2, 0.25) is 0 Å². The van der Waals surface area contributed by atoms with Gasteiger partial charge in [0, 0.05) is 45.8 Å². The number of ketones is 1. The number of hydrogen-bond donors (Lipinski definition) is 1. The monoisotopic (exact) mass is 425 g/mol. The number of benzene rings is 1. The Morgan fingerprint density at radius 3 is 2.32 bits per heavy atom. The van der Waals surface area contributed by atoms with Crippen molar-refractivity contribution >= 4 is 11.7 Å². The number of carbonyl (C=O) groups excluding carboxylic acids is 2. The molecule has 0 aliphatic carbocycles. The molecule has 1 aromatic heterocycles. The number of rotatable bonds is 3. The number of fused-ring (bicyclic) bond motifs is 2. The van der Waals surface area contributed by atoms with Gasteiger partial charge in [-0.05, 0) is 76.1 Å². The molecule has 0 saturated carbocycles. The van der Waals surface area contributed by atoms with Crippen LogP contribution in [0.4, 0.5) is 0 Å². The highest BCUT2D eigenvalue weighted by Crippen LogP contribution is 2.41. The molecule has 1 amide bonds. The molecule has 0 atom stereocenters. The number of carbonyl (C=O) groups is 2. The Kier molecular flexibility index (Phi) is 5.34. The lowest BCUT2D eigenvalue weighted by Crippen LogP contribution is -2.56. The van der Waals surface area contributed by atoms with Crippen molar-refractivity contribution < 1.29 is 16.1 Å². The first-order chi connectivity index (χ1) is 14.5. The third-order valence-electron chi connectivity index (χ3n) is 7.22. The molecule has 31 heavy (non-hydrogen) atoms. The zero-order chi connectivity index (χ0) is 22.6. The van der Waals surface area contributed by atoms with Crippen molar-refractivity contribution in [2.45, 2.75) is 58.2 Å². The maximum atomic E-state index is 13.2. The van der Waals surface area contributed by atoms with Crippen LogP contribution in [0.3, 0.4) is 0 Å². The Balaban J connectivity index is 0.00000289. The number of piperidine rings is 1. The maximum Gasteiger partial charge on any atom is 0.253 e. The van der Waals surface area contributed by atoms with E-state index in [0.717, 1.165) is 42.8 Å². The zero-order valence-electron chi connectivity index (χ0n) is 19.2.